The number of aliphatic hydroxyl groups excluding tert-OH is 2. The maximum atomic E-state index is 14.0. The van der Waals surface area contributed by atoms with Crippen molar-refractivity contribution >= 4 is 22.2 Å². The number of fused-ring (bicyclic) bond motifs is 6. The molecule has 0 saturated carbocycles. The maximum Gasteiger partial charge on any atom is 0.329 e. The van der Waals surface area contributed by atoms with Crippen LogP contribution in [0.5, 0.6) is 0 Å². The second kappa shape index (κ2) is 14.9. The molecular weight excluding hydrogens is 697 g/mol. The molecule has 10 rings (SSSR count). The Kier molecular flexibility index (Phi) is 9.50. The van der Waals surface area contributed by atoms with Crippen molar-refractivity contribution in [1.29, 1.82) is 0 Å². The number of imidazole rings is 1. The molecule has 4 atom stereocenters. The number of aromatic nitrogens is 2. The van der Waals surface area contributed by atoms with Crippen LogP contribution in [0.4, 0.5) is 0 Å². The van der Waals surface area contributed by atoms with Gasteiger partial charge in [-0.05, 0) is 81.7 Å². The predicted molar refractivity (Wildman–Crippen MR) is 221 cm³/mol. The van der Waals surface area contributed by atoms with Crippen LogP contribution < -0.4 is 5.69 Å². The molecule has 0 spiro atoms. The van der Waals surface area contributed by atoms with Gasteiger partial charge in [-0.2, -0.15) is 0 Å². The van der Waals surface area contributed by atoms with Gasteiger partial charge in [0.05, 0.1) is 48.4 Å². The molecule has 286 valence electrons. The van der Waals surface area contributed by atoms with Gasteiger partial charge < -0.3 is 10.2 Å². The molecule has 1 aromatic heterocycles. The Morgan fingerprint density at radius 2 is 1.11 bits per heavy atom. The van der Waals surface area contributed by atoms with Crippen LogP contribution in [-0.2, 0) is 13.1 Å². The van der Waals surface area contributed by atoms with Crippen molar-refractivity contribution in [3.8, 4) is 0 Å². The molecule has 9 nitrogen and oxygen atoms in total. The molecule has 0 amide bonds. The number of piperazine rings is 2. The second-order valence-electron chi connectivity index (χ2n) is 16.3. The van der Waals surface area contributed by atoms with Gasteiger partial charge in [0.2, 0.25) is 0 Å². The summed E-state index contributed by atoms with van der Waals surface area (Å²) >= 11 is 0. The highest BCUT2D eigenvalue weighted by Crippen LogP contribution is 2.49. The van der Waals surface area contributed by atoms with Crippen molar-refractivity contribution in [2.45, 2.75) is 50.2 Å². The van der Waals surface area contributed by atoms with Crippen molar-refractivity contribution in [3.05, 3.63) is 152 Å². The minimum Gasteiger partial charge on any atom is -0.390 e. The minimum absolute atomic E-state index is 0.184. The molecule has 4 aromatic rings. The van der Waals surface area contributed by atoms with E-state index in [0.717, 1.165) is 76.2 Å². The summed E-state index contributed by atoms with van der Waals surface area (Å²) in [7, 11) is 0. The summed E-state index contributed by atoms with van der Waals surface area (Å²) in [4.78, 5) is 23.8. The Morgan fingerprint density at radius 3 is 1.75 bits per heavy atom. The fourth-order valence-electron chi connectivity index (χ4n) is 10.3. The Bertz CT molecular complexity index is 2420. The SMILES string of the molecule is O=c1n(CC(O)CN2CCN(C3C4=CCCC=C4c4ccccc43)CC2)c2ccccc2n1CC(O)CN1CCN(C2C3=C(C=C=C=C3)c3ccccc32)CC1. The van der Waals surface area contributed by atoms with Gasteiger partial charge in [0.1, 0.15) is 0 Å². The number of aliphatic hydroxyl groups is 2. The van der Waals surface area contributed by atoms with Crippen molar-refractivity contribution < 1.29 is 10.2 Å². The fraction of sp³-hybridized carbons (Fsp3) is 0.383. The third kappa shape index (κ3) is 6.35. The average molecular weight is 747 g/mol. The molecule has 2 aliphatic heterocycles. The lowest BCUT2D eigenvalue weighted by Gasteiger charge is -2.39. The topological polar surface area (TPSA) is 80.3 Å². The molecule has 56 heavy (non-hydrogen) atoms. The first kappa shape index (κ1) is 35.6. The molecule has 4 aliphatic carbocycles. The van der Waals surface area contributed by atoms with Crippen LogP contribution in [0.3, 0.4) is 0 Å². The summed E-state index contributed by atoms with van der Waals surface area (Å²) in [5.74, 6) is 0. The lowest BCUT2D eigenvalue weighted by atomic mass is 9.95. The van der Waals surface area contributed by atoms with E-state index in [1.54, 1.807) is 9.13 Å². The quantitative estimate of drug-likeness (QED) is 0.221. The van der Waals surface area contributed by atoms with Gasteiger partial charge in [0.25, 0.3) is 0 Å². The summed E-state index contributed by atoms with van der Waals surface area (Å²) in [6.45, 7) is 8.50. The van der Waals surface area contributed by atoms with Crippen LogP contribution in [0.25, 0.3) is 22.2 Å². The first-order valence-electron chi connectivity index (χ1n) is 20.5. The summed E-state index contributed by atoms with van der Waals surface area (Å²) in [6.07, 6.45) is 9.80. The monoisotopic (exact) mass is 746 g/mol. The molecule has 3 heterocycles. The lowest BCUT2D eigenvalue weighted by Crippen LogP contribution is -2.50. The minimum atomic E-state index is -0.708. The number of benzene rings is 3. The molecule has 3 aromatic carbocycles. The van der Waals surface area contributed by atoms with E-state index in [9.17, 15) is 15.0 Å². The Morgan fingerprint density at radius 1 is 0.589 bits per heavy atom. The van der Waals surface area contributed by atoms with Crippen molar-refractivity contribution in [2.24, 2.45) is 0 Å². The lowest BCUT2D eigenvalue weighted by molar-refractivity contribution is 0.0539. The zero-order chi connectivity index (χ0) is 37.8. The molecule has 6 aliphatic rings. The molecule has 2 fully saturated rings. The van der Waals surface area contributed by atoms with Crippen molar-refractivity contribution in [3.63, 3.8) is 0 Å². The van der Waals surface area contributed by atoms with Gasteiger partial charge in [-0.3, -0.25) is 28.7 Å². The van der Waals surface area contributed by atoms with E-state index in [2.05, 4.69) is 104 Å². The fourth-order valence-corrected chi connectivity index (χ4v) is 10.3. The second-order valence-corrected chi connectivity index (χ2v) is 16.3. The highest BCUT2D eigenvalue weighted by atomic mass is 16.3. The average Bonchev–Trinajstić information content (AvgIpc) is 3.84. The van der Waals surface area contributed by atoms with Crippen LogP contribution in [0.2, 0.25) is 0 Å². The zero-order valence-corrected chi connectivity index (χ0v) is 31.9. The summed E-state index contributed by atoms with van der Waals surface area (Å²) in [6, 6.07) is 25.8. The van der Waals surface area contributed by atoms with Crippen LogP contribution in [-0.4, -0.2) is 117 Å². The zero-order valence-electron chi connectivity index (χ0n) is 31.9. The van der Waals surface area contributed by atoms with E-state index in [1.165, 1.54) is 44.5 Å². The molecule has 9 heteroatoms. The largest absolute Gasteiger partial charge is 0.390 e. The summed E-state index contributed by atoms with van der Waals surface area (Å²) < 4.78 is 3.40. The third-order valence-corrected chi connectivity index (χ3v) is 12.9. The summed E-state index contributed by atoms with van der Waals surface area (Å²) in [5, 5.41) is 22.8. The number of allylic oxidation sites excluding steroid dienone is 4. The van der Waals surface area contributed by atoms with E-state index < -0.39 is 12.2 Å². The third-order valence-electron chi connectivity index (χ3n) is 12.9. The number of rotatable bonds is 10. The van der Waals surface area contributed by atoms with Gasteiger partial charge in [0, 0.05) is 65.4 Å². The van der Waals surface area contributed by atoms with E-state index in [0.29, 0.717) is 19.1 Å². The van der Waals surface area contributed by atoms with E-state index >= 15 is 0 Å². The number of hydrogen-bond acceptors (Lipinski definition) is 7. The van der Waals surface area contributed by atoms with Gasteiger partial charge in [-0.15, -0.1) is 0 Å². The van der Waals surface area contributed by atoms with Crippen LogP contribution in [0, 0.1) is 0 Å². The highest BCUT2D eigenvalue weighted by molar-refractivity contribution is 5.88. The Hall–Kier alpha value is -4.79. The number of β-amino-alcohol motifs (C(OH)–C–C–N with tert-alkyl or cyclic N) is 2. The molecular formula is C47H50N6O3. The standard InChI is InChI=1S/C47H50N6O3/c54-33(29-48-21-25-50(26-22-48)45-39-15-5-1-11-35(39)36-12-2-6-16-40(36)45)31-52-43-19-9-10-20-44(43)53(47(52)56)32-34(55)30-49-23-27-51(28-24-49)46-41-17-7-3-13-37(41)38-14-4-8-18-42(38)46/h1,3,5,7,9-20,33-34,45-46,54-55H,2,6,21-32H2. The number of nitrogens with zero attached hydrogens (tertiary/aromatic N) is 6. The van der Waals surface area contributed by atoms with Gasteiger partial charge in [-0.25, -0.2) is 4.79 Å². The van der Waals surface area contributed by atoms with Gasteiger partial charge in [-0.1, -0.05) is 84.3 Å². The summed E-state index contributed by atoms with van der Waals surface area (Å²) in [5.41, 5.74) is 18.6. The van der Waals surface area contributed by atoms with Gasteiger partial charge >= 0.3 is 5.69 Å². The van der Waals surface area contributed by atoms with E-state index in [-0.39, 0.29) is 24.8 Å². The molecule has 4 unspecified atom stereocenters. The van der Waals surface area contributed by atoms with Crippen LogP contribution >= 0.6 is 0 Å². The maximum absolute atomic E-state index is 14.0. The van der Waals surface area contributed by atoms with Crippen LogP contribution in [0.15, 0.2) is 125 Å². The first-order chi connectivity index (χ1) is 27.5. The molecule has 2 saturated heterocycles. The van der Waals surface area contributed by atoms with Gasteiger partial charge in [0.15, 0.2) is 0 Å². The smallest absolute Gasteiger partial charge is 0.329 e. The van der Waals surface area contributed by atoms with Crippen LogP contribution in [0.1, 0.15) is 47.2 Å². The normalized spacial score (nSPS) is 23.5. The molecule has 2 N–H and O–H groups in total. The number of hydrogen-bond donors (Lipinski definition) is 2. The van der Waals surface area contributed by atoms with E-state index in [4.69, 9.17) is 0 Å². The predicted octanol–water partition coefficient (Wildman–Crippen LogP) is 5.01. The van der Waals surface area contributed by atoms with Crippen molar-refractivity contribution in [2.75, 3.05) is 65.4 Å². The van der Waals surface area contributed by atoms with E-state index in [1.807, 2.05) is 24.3 Å². The molecule has 0 radical (unpaired) electrons. The number of para-hydroxylation sites is 2. The first-order valence-corrected chi connectivity index (χ1v) is 20.5. The Labute approximate surface area is 328 Å². The Balaban J connectivity index is 0.758. The highest BCUT2D eigenvalue weighted by Gasteiger charge is 2.38. The molecule has 0 bridgehead atoms. The van der Waals surface area contributed by atoms with Crippen molar-refractivity contribution in [1.82, 2.24) is 28.7 Å².